The second kappa shape index (κ2) is 7.59. The third-order valence-corrected chi connectivity index (χ3v) is 4.66. The number of rotatable bonds is 4. The van der Waals surface area contributed by atoms with Crippen molar-refractivity contribution in [2.45, 2.75) is 0 Å². The van der Waals surface area contributed by atoms with Crippen LogP contribution in [-0.4, -0.2) is 36.1 Å². The summed E-state index contributed by atoms with van der Waals surface area (Å²) < 4.78 is 10.9. The first kappa shape index (κ1) is 18.4. The van der Waals surface area contributed by atoms with Crippen LogP contribution in [-0.2, 0) is 0 Å². The fourth-order valence-corrected chi connectivity index (χ4v) is 3.30. The van der Waals surface area contributed by atoms with Crippen LogP contribution in [0.4, 0.5) is 11.4 Å². The zero-order chi connectivity index (χ0) is 20.4. The lowest BCUT2D eigenvalue weighted by molar-refractivity contribution is -0.384. The molecule has 1 amide bonds. The summed E-state index contributed by atoms with van der Waals surface area (Å²) in [6.45, 7) is 0.550. The van der Waals surface area contributed by atoms with Gasteiger partial charge in [0.25, 0.3) is 5.91 Å². The van der Waals surface area contributed by atoms with Crippen molar-refractivity contribution in [3.63, 3.8) is 0 Å². The molecule has 1 aliphatic rings. The Balaban J connectivity index is 1.83. The molecule has 146 valence electrons. The highest BCUT2D eigenvalue weighted by molar-refractivity contribution is 6.10. The summed E-state index contributed by atoms with van der Waals surface area (Å²) in [5.74, 6) is 0.584. The molecule has 29 heavy (non-hydrogen) atoms. The van der Waals surface area contributed by atoms with E-state index < -0.39 is 10.8 Å². The van der Waals surface area contributed by atoms with Gasteiger partial charge in [0.2, 0.25) is 0 Å². The summed E-state index contributed by atoms with van der Waals surface area (Å²) in [6, 6.07) is 15.3. The number of nitrogens with zero attached hydrogens (tertiary/aromatic N) is 3. The van der Waals surface area contributed by atoms with Crippen LogP contribution in [0.2, 0.25) is 0 Å². The summed E-state index contributed by atoms with van der Waals surface area (Å²) in [6.07, 6.45) is 1.41. The molecular formula is C21H17N3O5. The maximum atomic E-state index is 13.4. The molecule has 0 radical (unpaired) electrons. The normalized spacial score (nSPS) is 12.7. The predicted octanol–water partition coefficient (Wildman–Crippen LogP) is 3.70. The van der Waals surface area contributed by atoms with Gasteiger partial charge in [0, 0.05) is 17.8 Å². The first-order valence-corrected chi connectivity index (χ1v) is 8.91. The number of anilines is 1. The molecule has 1 aliphatic heterocycles. The molecule has 4 rings (SSSR count). The van der Waals surface area contributed by atoms with Crippen LogP contribution in [0.15, 0.2) is 60.8 Å². The number of pyridine rings is 1. The Kier molecular flexibility index (Phi) is 4.82. The van der Waals surface area contributed by atoms with E-state index in [0.29, 0.717) is 22.7 Å². The number of hydrogen-bond donors (Lipinski definition) is 0. The number of nitro groups is 1. The first-order valence-electron chi connectivity index (χ1n) is 8.91. The zero-order valence-corrected chi connectivity index (χ0v) is 15.6. The summed E-state index contributed by atoms with van der Waals surface area (Å²) in [7, 11) is 1.53. The Morgan fingerprint density at radius 3 is 2.72 bits per heavy atom. The third kappa shape index (κ3) is 3.36. The van der Waals surface area contributed by atoms with Gasteiger partial charge in [-0.05, 0) is 18.2 Å². The van der Waals surface area contributed by atoms with Crippen LogP contribution >= 0.6 is 0 Å². The quantitative estimate of drug-likeness (QED) is 0.497. The minimum absolute atomic E-state index is 0.0282. The van der Waals surface area contributed by atoms with Gasteiger partial charge in [0.15, 0.2) is 0 Å². The molecule has 0 fully saturated rings. The van der Waals surface area contributed by atoms with Crippen molar-refractivity contribution in [2.75, 3.05) is 25.2 Å². The summed E-state index contributed by atoms with van der Waals surface area (Å²) in [5.41, 5.74) is 0.880. The highest BCUT2D eigenvalue weighted by Gasteiger charge is 2.32. The van der Waals surface area contributed by atoms with Gasteiger partial charge in [-0.15, -0.1) is 0 Å². The fraction of sp³-hybridized carbons (Fsp3) is 0.143. The van der Waals surface area contributed by atoms with E-state index in [2.05, 4.69) is 4.98 Å². The van der Waals surface area contributed by atoms with E-state index in [9.17, 15) is 14.9 Å². The zero-order valence-electron chi connectivity index (χ0n) is 15.6. The molecule has 8 nitrogen and oxygen atoms in total. The van der Waals surface area contributed by atoms with Crippen molar-refractivity contribution in [3.05, 3.63) is 76.5 Å². The SMILES string of the molecule is COc1ccc2c(c1)N(C(=O)c1ccnc(-c3ccccc3)c1[N+](=O)[O-])CCO2. The van der Waals surface area contributed by atoms with E-state index >= 15 is 0 Å². The van der Waals surface area contributed by atoms with Gasteiger partial charge in [-0.1, -0.05) is 30.3 Å². The van der Waals surface area contributed by atoms with Crippen molar-refractivity contribution in [3.8, 4) is 22.8 Å². The fourth-order valence-electron chi connectivity index (χ4n) is 3.30. The van der Waals surface area contributed by atoms with E-state index in [-0.39, 0.29) is 30.1 Å². The molecule has 0 saturated heterocycles. The minimum Gasteiger partial charge on any atom is -0.497 e. The summed E-state index contributed by atoms with van der Waals surface area (Å²) >= 11 is 0. The number of carbonyl (C=O) groups excluding carboxylic acids is 1. The molecule has 2 aromatic carbocycles. The Morgan fingerprint density at radius 2 is 2.00 bits per heavy atom. The number of carbonyl (C=O) groups is 1. The number of aromatic nitrogens is 1. The van der Waals surface area contributed by atoms with Crippen molar-refractivity contribution in [2.24, 2.45) is 0 Å². The van der Waals surface area contributed by atoms with Crippen molar-refractivity contribution in [1.29, 1.82) is 0 Å². The number of hydrogen-bond acceptors (Lipinski definition) is 6. The number of amides is 1. The number of fused-ring (bicyclic) bond motifs is 1. The lowest BCUT2D eigenvalue weighted by Gasteiger charge is -2.29. The van der Waals surface area contributed by atoms with Gasteiger partial charge in [0.05, 0.1) is 24.3 Å². The predicted molar refractivity (Wildman–Crippen MR) is 106 cm³/mol. The van der Waals surface area contributed by atoms with Crippen molar-refractivity contribution in [1.82, 2.24) is 4.98 Å². The van der Waals surface area contributed by atoms with Crippen LogP contribution < -0.4 is 14.4 Å². The van der Waals surface area contributed by atoms with Gasteiger partial charge in [-0.2, -0.15) is 0 Å². The van der Waals surface area contributed by atoms with E-state index in [0.717, 1.165) is 0 Å². The van der Waals surface area contributed by atoms with Gasteiger partial charge >= 0.3 is 5.69 Å². The molecule has 8 heteroatoms. The standard InChI is InChI=1S/C21H17N3O5/c1-28-15-7-8-18-17(13-15)23(11-12-29-18)21(25)16-9-10-22-19(20(16)24(26)27)14-5-3-2-4-6-14/h2-10,13H,11-12H2,1H3. The van der Waals surface area contributed by atoms with Gasteiger partial charge in [0.1, 0.15) is 29.4 Å². The molecule has 1 aromatic heterocycles. The van der Waals surface area contributed by atoms with Gasteiger partial charge in [-0.3, -0.25) is 14.9 Å². The van der Waals surface area contributed by atoms with Crippen LogP contribution in [0, 0.1) is 10.1 Å². The molecule has 0 N–H and O–H groups in total. The van der Waals surface area contributed by atoms with E-state index in [1.54, 1.807) is 42.5 Å². The lowest BCUT2D eigenvalue weighted by Crippen LogP contribution is -2.38. The van der Waals surface area contributed by atoms with Crippen LogP contribution in [0.5, 0.6) is 11.5 Å². The molecule has 3 aromatic rings. The van der Waals surface area contributed by atoms with E-state index in [4.69, 9.17) is 9.47 Å². The van der Waals surface area contributed by atoms with Crippen LogP contribution in [0.25, 0.3) is 11.3 Å². The molecule has 2 heterocycles. The minimum atomic E-state index is -0.560. The molecule has 0 atom stereocenters. The highest BCUT2D eigenvalue weighted by atomic mass is 16.6. The van der Waals surface area contributed by atoms with E-state index in [1.165, 1.54) is 24.3 Å². The van der Waals surface area contributed by atoms with Crippen molar-refractivity contribution >= 4 is 17.3 Å². The Hall–Kier alpha value is -3.94. The molecule has 0 saturated carbocycles. The lowest BCUT2D eigenvalue weighted by atomic mass is 10.0. The highest BCUT2D eigenvalue weighted by Crippen LogP contribution is 2.38. The smallest absolute Gasteiger partial charge is 0.308 e. The topological polar surface area (TPSA) is 94.8 Å². The second-order valence-corrected chi connectivity index (χ2v) is 6.32. The number of methoxy groups -OCH3 is 1. The number of benzene rings is 2. The Morgan fingerprint density at radius 1 is 1.21 bits per heavy atom. The summed E-state index contributed by atoms with van der Waals surface area (Å²) in [4.78, 5) is 30.4. The average Bonchev–Trinajstić information content (AvgIpc) is 2.77. The monoisotopic (exact) mass is 391 g/mol. The molecule has 0 aliphatic carbocycles. The molecule has 0 bridgehead atoms. The number of ether oxygens (including phenoxy) is 2. The summed E-state index contributed by atoms with van der Waals surface area (Å²) in [5, 5.41) is 11.9. The van der Waals surface area contributed by atoms with Gasteiger partial charge < -0.3 is 14.4 Å². The second-order valence-electron chi connectivity index (χ2n) is 6.32. The van der Waals surface area contributed by atoms with Gasteiger partial charge in [-0.25, -0.2) is 4.98 Å². The average molecular weight is 391 g/mol. The maximum absolute atomic E-state index is 13.4. The molecular weight excluding hydrogens is 374 g/mol. The maximum Gasteiger partial charge on any atom is 0.308 e. The molecule has 0 spiro atoms. The molecule has 0 unspecified atom stereocenters. The van der Waals surface area contributed by atoms with Crippen LogP contribution in [0.3, 0.4) is 0 Å². The van der Waals surface area contributed by atoms with Crippen LogP contribution in [0.1, 0.15) is 10.4 Å². The Labute approximate surface area is 166 Å². The third-order valence-electron chi connectivity index (χ3n) is 4.66. The Bertz CT molecular complexity index is 1080. The van der Waals surface area contributed by atoms with E-state index in [1.807, 2.05) is 6.07 Å². The first-order chi connectivity index (χ1) is 14.1. The largest absolute Gasteiger partial charge is 0.497 e. The van der Waals surface area contributed by atoms with Crippen molar-refractivity contribution < 1.29 is 19.2 Å².